The van der Waals surface area contributed by atoms with Gasteiger partial charge in [0.05, 0.1) is 12.7 Å². The minimum Gasteiger partial charge on any atom is -0.375 e. The van der Waals surface area contributed by atoms with Crippen LogP contribution in [0.25, 0.3) is 0 Å². The monoisotopic (exact) mass is 196 g/mol. The van der Waals surface area contributed by atoms with E-state index in [9.17, 15) is 0 Å². The second kappa shape index (κ2) is 5.17. The van der Waals surface area contributed by atoms with Crippen molar-refractivity contribution in [1.82, 2.24) is 4.90 Å². The van der Waals surface area contributed by atoms with Gasteiger partial charge in [0, 0.05) is 26.5 Å². The highest BCUT2D eigenvalue weighted by atomic mass is 16.5. The van der Waals surface area contributed by atoms with E-state index < -0.39 is 0 Å². The summed E-state index contributed by atoms with van der Waals surface area (Å²) in [7, 11) is 0. The fourth-order valence-electron chi connectivity index (χ4n) is 2.22. The third kappa shape index (κ3) is 2.74. The lowest BCUT2D eigenvalue weighted by molar-refractivity contribution is -0.00804. The van der Waals surface area contributed by atoms with Crippen LogP contribution in [0.5, 0.6) is 0 Å². The SMILES string of the molecule is CC.CC(C)(C)N1CC2CC1CO2.[B]. The second-order valence-electron chi connectivity index (χ2n) is 4.67. The quantitative estimate of drug-likeness (QED) is 0.548. The third-order valence-electron chi connectivity index (χ3n) is 2.76. The van der Waals surface area contributed by atoms with Gasteiger partial charge < -0.3 is 4.74 Å². The molecule has 0 aliphatic carbocycles. The third-order valence-corrected chi connectivity index (χ3v) is 2.76. The molecule has 0 aromatic carbocycles. The largest absolute Gasteiger partial charge is 0.375 e. The molecule has 0 aromatic heterocycles. The van der Waals surface area contributed by atoms with Gasteiger partial charge in [0.1, 0.15) is 0 Å². The summed E-state index contributed by atoms with van der Waals surface area (Å²) >= 11 is 0. The summed E-state index contributed by atoms with van der Waals surface area (Å²) in [6.45, 7) is 13.0. The van der Waals surface area contributed by atoms with Crippen LogP contribution in [0.15, 0.2) is 0 Å². The van der Waals surface area contributed by atoms with Crippen LogP contribution in [0.4, 0.5) is 0 Å². The standard InChI is InChI=1S/C9H17NO.C2H6.B/c1-9(2,3)10-5-8-4-7(10)6-11-8;1-2;/h7-8H,4-6H2,1-3H3;1-2H3;. The van der Waals surface area contributed by atoms with Crippen molar-refractivity contribution in [3.63, 3.8) is 0 Å². The molecule has 3 radical (unpaired) electrons. The first-order chi connectivity index (χ1) is 6.07. The Hall–Kier alpha value is -0.0151. The maximum atomic E-state index is 5.54. The fourth-order valence-corrected chi connectivity index (χ4v) is 2.22. The molecule has 0 aromatic rings. The smallest absolute Gasteiger partial charge is 0.0718 e. The van der Waals surface area contributed by atoms with E-state index in [0.717, 1.165) is 13.2 Å². The van der Waals surface area contributed by atoms with E-state index in [1.54, 1.807) is 0 Å². The minimum absolute atomic E-state index is 0. The number of rotatable bonds is 0. The lowest BCUT2D eigenvalue weighted by atomic mass is 10.1. The molecule has 2 aliphatic rings. The van der Waals surface area contributed by atoms with Gasteiger partial charge in [0.15, 0.2) is 0 Å². The Kier molecular flexibility index (Phi) is 5.17. The molecule has 0 saturated carbocycles. The van der Waals surface area contributed by atoms with Crippen LogP contribution in [0, 0.1) is 0 Å². The number of ether oxygens (including phenoxy) is 1. The van der Waals surface area contributed by atoms with Crippen molar-refractivity contribution in [2.24, 2.45) is 0 Å². The Morgan fingerprint density at radius 3 is 2.00 bits per heavy atom. The highest BCUT2D eigenvalue weighted by Gasteiger charge is 2.43. The summed E-state index contributed by atoms with van der Waals surface area (Å²) in [5.41, 5.74) is 0.337. The van der Waals surface area contributed by atoms with Gasteiger partial charge in [-0.1, -0.05) is 13.8 Å². The van der Waals surface area contributed by atoms with Crippen molar-refractivity contribution in [2.45, 2.75) is 58.7 Å². The van der Waals surface area contributed by atoms with Gasteiger partial charge in [-0.05, 0) is 27.2 Å². The van der Waals surface area contributed by atoms with E-state index in [0.29, 0.717) is 17.7 Å². The van der Waals surface area contributed by atoms with Crippen LogP contribution in [-0.4, -0.2) is 44.1 Å². The fraction of sp³-hybridized carbons (Fsp3) is 1.00. The molecular formula is C11H23BNO. The molecule has 0 N–H and O–H groups in total. The maximum absolute atomic E-state index is 5.54. The van der Waals surface area contributed by atoms with Crippen molar-refractivity contribution in [3.05, 3.63) is 0 Å². The van der Waals surface area contributed by atoms with Crippen LogP contribution in [-0.2, 0) is 4.74 Å². The molecule has 2 heterocycles. The van der Waals surface area contributed by atoms with Gasteiger partial charge in [-0.25, -0.2) is 0 Å². The average Bonchev–Trinajstić information content (AvgIpc) is 2.66. The second-order valence-corrected chi connectivity index (χ2v) is 4.67. The van der Waals surface area contributed by atoms with E-state index in [-0.39, 0.29) is 8.41 Å². The minimum atomic E-state index is 0. The first-order valence-corrected chi connectivity index (χ1v) is 5.46. The average molecular weight is 196 g/mol. The van der Waals surface area contributed by atoms with Gasteiger partial charge in [-0.3, -0.25) is 4.90 Å². The molecule has 81 valence electrons. The molecule has 0 spiro atoms. The predicted octanol–water partition coefficient (Wildman–Crippen LogP) is 1.90. The van der Waals surface area contributed by atoms with Crippen molar-refractivity contribution in [1.29, 1.82) is 0 Å². The molecule has 2 unspecified atom stereocenters. The van der Waals surface area contributed by atoms with Gasteiger partial charge in [0.25, 0.3) is 0 Å². The summed E-state index contributed by atoms with van der Waals surface area (Å²) in [6.07, 6.45) is 1.80. The zero-order valence-electron chi connectivity index (χ0n) is 10.2. The number of hydrogen-bond acceptors (Lipinski definition) is 2. The lowest BCUT2D eigenvalue weighted by Gasteiger charge is -2.38. The number of fused-ring (bicyclic) bond motifs is 2. The Bertz CT molecular complexity index is 167. The lowest BCUT2D eigenvalue weighted by Crippen LogP contribution is -2.48. The summed E-state index contributed by atoms with van der Waals surface area (Å²) in [5.74, 6) is 0. The molecular weight excluding hydrogens is 173 g/mol. The molecule has 2 aliphatic heterocycles. The van der Waals surface area contributed by atoms with Crippen molar-refractivity contribution >= 4 is 8.41 Å². The summed E-state index contributed by atoms with van der Waals surface area (Å²) in [4.78, 5) is 2.57. The first-order valence-electron chi connectivity index (χ1n) is 5.46. The zero-order chi connectivity index (χ0) is 10.1. The summed E-state index contributed by atoms with van der Waals surface area (Å²) in [5, 5.41) is 0. The number of likely N-dealkylation sites (tertiary alicyclic amines) is 1. The molecule has 2 rings (SSSR count). The Morgan fingerprint density at radius 2 is 1.79 bits per heavy atom. The van der Waals surface area contributed by atoms with Crippen molar-refractivity contribution < 1.29 is 4.74 Å². The van der Waals surface area contributed by atoms with Gasteiger partial charge in [0.2, 0.25) is 0 Å². The molecule has 2 nitrogen and oxygen atoms in total. The first kappa shape index (κ1) is 14.0. The Labute approximate surface area is 90.6 Å². The maximum Gasteiger partial charge on any atom is 0.0718 e. The molecule has 0 amide bonds. The highest BCUT2D eigenvalue weighted by Crippen LogP contribution is 2.33. The van der Waals surface area contributed by atoms with E-state index in [1.165, 1.54) is 6.42 Å². The number of nitrogens with zero attached hydrogens (tertiary/aromatic N) is 1. The molecule has 3 heteroatoms. The van der Waals surface area contributed by atoms with Gasteiger partial charge >= 0.3 is 0 Å². The van der Waals surface area contributed by atoms with Crippen LogP contribution < -0.4 is 0 Å². The van der Waals surface area contributed by atoms with Crippen LogP contribution >= 0.6 is 0 Å². The molecule has 2 atom stereocenters. The van der Waals surface area contributed by atoms with E-state index in [1.807, 2.05) is 13.8 Å². The van der Waals surface area contributed by atoms with E-state index >= 15 is 0 Å². The van der Waals surface area contributed by atoms with Gasteiger partial charge in [-0.15, -0.1) is 0 Å². The van der Waals surface area contributed by atoms with Crippen LogP contribution in [0.1, 0.15) is 41.0 Å². The molecule has 14 heavy (non-hydrogen) atoms. The van der Waals surface area contributed by atoms with E-state index in [2.05, 4.69) is 25.7 Å². The predicted molar refractivity (Wildman–Crippen MR) is 61.7 cm³/mol. The summed E-state index contributed by atoms with van der Waals surface area (Å²) in [6, 6.07) is 0.708. The van der Waals surface area contributed by atoms with Crippen molar-refractivity contribution in [2.75, 3.05) is 13.2 Å². The molecule has 2 fully saturated rings. The molecule has 2 saturated heterocycles. The normalized spacial score (nSPS) is 30.6. The number of hydrogen-bond donors (Lipinski definition) is 0. The van der Waals surface area contributed by atoms with Crippen molar-refractivity contribution in [3.8, 4) is 0 Å². The van der Waals surface area contributed by atoms with Crippen LogP contribution in [0.3, 0.4) is 0 Å². The Morgan fingerprint density at radius 1 is 1.21 bits per heavy atom. The highest BCUT2D eigenvalue weighted by molar-refractivity contribution is 5.75. The summed E-state index contributed by atoms with van der Waals surface area (Å²) < 4.78 is 5.54. The van der Waals surface area contributed by atoms with E-state index in [4.69, 9.17) is 4.74 Å². The molecule has 2 bridgehead atoms. The zero-order valence-corrected chi connectivity index (χ0v) is 10.2. The Balaban J connectivity index is 0.000000531. The number of morpholine rings is 1. The topological polar surface area (TPSA) is 12.5 Å². The van der Waals surface area contributed by atoms with Crippen LogP contribution in [0.2, 0.25) is 0 Å². The van der Waals surface area contributed by atoms with Gasteiger partial charge in [-0.2, -0.15) is 0 Å².